The molecule has 3 heterocycles. The van der Waals surface area contributed by atoms with E-state index in [-0.39, 0.29) is 24.0 Å². The molecule has 158 valence electrons. The number of aromatic nitrogens is 4. The molecule has 1 fully saturated rings. The van der Waals surface area contributed by atoms with Gasteiger partial charge in [-0.3, -0.25) is 0 Å². The van der Waals surface area contributed by atoms with E-state index in [0.29, 0.717) is 19.1 Å². The van der Waals surface area contributed by atoms with Crippen molar-refractivity contribution >= 4 is 35.8 Å². The molecule has 0 unspecified atom stereocenters. The molecule has 0 saturated carbocycles. The van der Waals surface area contributed by atoms with E-state index in [0.717, 1.165) is 49.4 Å². The minimum Gasteiger partial charge on any atom is -0.356 e. The average Bonchev–Trinajstić information content (AvgIpc) is 3.03. The second kappa shape index (κ2) is 11.1. The van der Waals surface area contributed by atoms with Crippen LogP contribution in [-0.4, -0.2) is 51.4 Å². The smallest absolute Gasteiger partial charge is 0.192 e. The zero-order chi connectivity index (χ0) is 19.9. The number of piperidine rings is 1. The number of guanidine groups is 1. The number of hydrogen-bond acceptors (Lipinski definition) is 5. The topological polar surface area (TPSA) is 83.3 Å². The quantitative estimate of drug-likeness (QED) is 0.269. The van der Waals surface area contributed by atoms with Gasteiger partial charge in [-0.05, 0) is 38.3 Å². The third kappa shape index (κ3) is 6.41. The van der Waals surface area contributed by atoms with Crippen molar-refractivity contribution in [2.75, 3.05) is 24.5 Å². The van der Waals surface area contributed by atoms with Crippen molar-refractivity contribution in [1.82, 2.24) is 30.4 Å². The fraction of sp³-hybridized carbons (Fsp3) is 0.500. The van der Waals surface area contributed by atoms with Crippen LogP contribution < -0.4 is 15.5 Å². The van der Waals surface area contributed by atoms with Crippen LogP contribution in [0.5, 0.6) is 0 Å². The van der Waals surface area contributed by atoms with Crippen LogP contribution in [0, 0.1) is 13.8 Å². The largest absolute Gasteiger partial charge is 0.356 e. The van der Waals surface area contributed by atoms with Crippen molar-refractivity contribution in [1.29, 1.82) is 0 Å². The molecule has 0 atom stereocenters. The van der Waals surface area contributed by atoms with Crippen LogP contribution in [0.2, 0.25) is 0 Å². The summed E-state index contributed by atoms with van der Waals surface area (Å²) in [6.07, 6.45) is 5.83. The molecule has 3 rings (SSSR count). The Balaban J connectivity index is 0.00000300. The summed E-state index contributed by atoms with van der Waals surface area (Å²) in [5.41, 5.74) is 1.19. The summed E-state index contributed by atoms with van der Waals surface area (Å²) < 4.78 is 1.96. The molecule has 0 radical (unpaired) electrons. The maximum atomic E-state index is 4.68. The Morgan fingerprint density at radius 1 is 1.28 bits per heavy atom. The zero-order valence-electron chi connectivity index (χ0n) is 17.4. The van der Waals surface area contributed by atoms with Gasteiger partial charge in [0.15, 0.2) is 11.8 Å². The Kier molecular flexibility index (Phi) is 8.87. The first-order valence-corrected chi connectivity index (χ1v) is 9.75. The Morgan fingerprint density at radius 3 is 2.62 bits per heavy atom. The minimum absolute atomic E-state index is 0. The Labute approximate surface area is 189 Å². The number of pyridine rings is 1. The lowest BCUT2D eigenvalue weighted by atomic mass is 10.1. The standard InChI is InChI=1S/C20H30N8.HI/c1-5-10-21-20(23-14-19-26-25-16(3)27(19)4)24-17-8-11-28(12-9-17)18-7-6-15(2)13-22-18;/h5-7,13,17H,1,8-12,14H2,2-4H3,(H2,21,23,24);1H. The summed E-state index contributed by atoms with van der Waals surface area (Å²) in [5.74, 6) is 3.57. The van der Waals surface area contributed by atoms with E-state index in [1.54, 1.807) is 0 Å². The average molecular weight is 510 g/mol. The van der Waals surface area contributed by atoms with Crippen LogP contribution >= 0.6 is 24.0 Å². The van der Waals surface area contributed by atoms with Crippen LogP contribution in [0.4, 0.5) is 5.82 Å². The number of rotatable bonds is 6. The van der Waals surface area contributed by atoms with Gasteiger partial charge < -0.3 is 20.1 Å². The third-order valence-electron chi connectivity index (χ3n) is 5.03. The van der Waals surface area contributed by atoms with E-state index in [1.165, 1.54) is 5.56 Å². The van der Waals surface area contributed by atoms with E-state index < -0.39 is 0 Å². The molecule has 9 heteroatoms. The maximum absolute atomic E-state index is 4.68. The van der Waals surface area contributed by atoms with Crippen LogP contribution in [0.15, 0.2) is 36.0 Å². The molecule has 0 bridgehead atoms. The minimum atomic E-state index is 0. The predicted octanol–water partition coefficient (Wildman–Crippen LogP) is 2.34. The van der Waals surface area contributed by atoms with Gasteiger partial charge in [0.25, 0.3) is 0 Å². The van der Waals surface area contributed by atoms with Crippen LogP contribution in [0.1, 0.15) is 30.1 Å². The Hall–Kier alpha value is -2.17. The lowest BCUT2D eigenvalue weighted by Crippen LogP contribution is -2.49. The first-order chi connectivity index (χ1) is 13.6. The molecule has 1 aliphatic heterocycles. The molecule has 0 aliphatic carbocycles. The number of hydrogen-bond donors (Lipinski definition) is 2. The van der Waals surface area contributed by atoms with Gasteiger partial charge in [-0.2, -0.15) is 0 Å². The van der Waals surface area contributed by atoms with Crippen molar-refractivity contribution < 1.29 is 0 Å². The Morgan fingerprint density at radius 2 is 2.03 bits per heavy atom. The highest BCUT2D eigenvalue weighted by Gasteiger charge is 2.21. The predicted molar refractivity (Wildman–Crippen MR) is 128 cm³/mol. The van der Waals surface area contributed by atoms with E-state index >= 15 is 0 Å². The fourth-order valence-electron chi connectivity index (χ4n) is 3.15. The second-order valence-corrected chi connectivity index (χ2v) is 7.16. The molecule has 1 aliphatic rings. The van der Waals surface area contributed by atoms with Crippen molar-refractivity contribution in [3.05, 3.63) is 48.2 Å². The zero-order valence-corrected chi connectivity index (χ0v) is 19.8. The van der Waals surface area contributed by atoms with Crippen molar-refractivity contribution in [3.8, 4) is 0 Å². The SMILES string of the molecule is C=CCNC(=NCc1nnc(C)n1C)NC1CCN(c2ccc(C)cn2)CC1.I. The van der Waals surface area contributed by atoms with Gasteiger partial charge in [-0.25, -0.2) is 9.98 Å². The van der Waals surface area contributed by atoms with Gasteiger partial charge in [0.2, 0.25) is 0 Å². The van der Waals surface area contributed by atoms with Gasteiger partial charge >= 0.3 is 0 Å². The molecule has 0 amide bonds. The summed E-state index contributed by atoms with van der Waals surface area (Å²) in [6, 6.07) is 4.59. The van der Waals surface area contributed by atoms with Crippen molar-refractivity contribution in [3.63, 3.8) is 0 Å². The molecule has 2 N–H and O–H groups in total. The van der Waals surface area contributed by atoms with E-state index in [1.807, 2.05) is 30.8 Å². The van der Waals surface area contributed by atoms with E-state index in [4.69, 9.17) is 0 Å². The van der Waals surface area contributed by atoms with Gasteiger partial charge in [-0.1, -0.05) is 12.1 Å². The highest BCUT2D eigenvalue weighted by atomic mass is 127. The van der Waals surface area contributed by atoms with Crippen molar-refractivity contribution in [2.24, 2.45) is 12.0 Å². The van der Waals surface area contributed by atoms with Gasteiger partial charge in [0, 0.05) is 38.9 Å². The van der Waals surface area contributed by atoms with Gasteiger partial charge in [-0.15, -0.1) is 40.8 Å². The summed E-state index contributed by atoms with van der Waals surface area (Å²) in [7, 11) is 1.96. The van der Waals surface area contributed by atoms with E-state index in [2.05, 4.69) is 61.3 Å². The first kappa shape index (κ1) is 23.1. The number of aliphatic imine (C=N–C) groups is 1. The van der Waals surface area contributed by atoms with Crippen LogP contribution in [0.25, 0.3) is 0 Å². The highest BCUT2D eigenvalue weighted by Crippen LogP contribution is 2.18. The van der Waals surface area contributed by atoms with Crippen molar-refractivity contribution in [2.45, 2.75) is 39.3 Å². The normalized spacial score (nSPS) is 15.0. The molecule has 29 heavy (non-hydrogen) atoms. The number of halogens is 1. The lowest BCUT2D eigenvalue weighted by molar-refractivity contribution is 0.459. The molecule has 2 aromatic heterocycles. The molecule has 8 nitrogen and oxygen atoms in total. The number of anilines is 1. The number of nitrogens with one attached hydrogen (secondary N) is 2. The monoisotopic (exact) mass is 510 g/mol. The number of nitrogens with zero attached hydrogens (tertiary/aromatic N) is 6. The molecule has 1 saturated heterocycles. The van der Waals surface area contributed by atoms with Crippen LogP contribution in [-0.2, 0) is 13.6 Å². The Bertz CT molecular complexity index is 806. The molecule has 0 aromatic carbocycles. The molecular weight excluding hydrogens is 479 g/mol. The summed E-state index contributed by atoms with van der Waals surface area (Å²) in [5, 5.41) is 15.1. The molecular formula is C20H31IN8. The lowest BCUT2D eigenvalue weighted by Gasteiger charge is -2.33. The van der Waals surface area contributed by atoms with Gasteiger partial charge in [0.05, 0.1) is 0 Å². The summed E-state index contributed by atoms with van der Waals surface area (Å²) in [4.78, 5) is 11.6. The van der Waals surface area contributed by atoms with Crippen LogP contribution in [0.3, 0.4) is 0 Å². The van der Waals surface area contributed by atoms with Gasteiger partial charge in [0.1, 0.15) is 18.2 Å². The maximum Gasteiger partial charge on any atom is 0.192 e. The van der Waals surface area contributed by atoms with E-state index in [9.17, 15) is 0 Å². The first-order valence-electron chi connectivity index (χ1n) is 9.75. The fourth-order valence-corrected chi connectivity index (χ4v) is 3.15. The third-order valence-corrected chi connectivity index (χ3v) is 5.03. The number of aryl methyl sites for hydroxylation is 2. The summed E-state index contributed by atoms with van der Waals surface area (Å²) >= 11 is 0. The molecule has 2 aromatic rings. The highest BCUT2D eigenvalue weighted by molar-refractivity contribution is 14.0. The molecule has 0 spiro atoms. The summed E-state index contributed by atoms with van der Waals surface area (Å²) in [6.45, 7) is 10.9. The second-order valence-electron chi connectivity index (χ2n) is 7.16.